The van der Waals surface area contributed by atoms with E-state index in [4.69, 9.17) is 9.84 Å². The van der Waals surface area contributed by atoms with Gasteiger partial charge in [0.25, 0.3) is 0 Å². The lowest BCUT2D eigenvalue weighted by atomic mass is 9.92. The predicted molar refractivity (Wildman–Crippen MR) is 98.3 cm³/mol. The highest BCUT2D eigenvalue weighted by Crippen LogP contribution is 2.29. The Morgan fingerprint density at radius 3 is 2.65 bits per heavy atom. The number of nitrogens with zero attached hydrogens (tertiary/aromatic N) is 5. The van der Waals surface area contributed by atoms with Crippen LogP contribution in [0.1, 0.15) is 57.5 Å². The maximum Gasteiger partial charge on any atom is 0.177 e. The van der Waals surface area contributed by atoms with E-state index in [-0.39, 0.29) is 5.41 Å². The number of β-amino-alcohol motifs (C(OH)–C–C–N with tert-alkyl or cyclic N) is 1. The van der Waals surface area contributed by atoms with Gasteiger partial charge in [-0.25, -0.2) is 0 Å². The standard InChI is InChI=1S/C19H29N5O2/c1-18(2,3)15-4-5-16-20-21-17(24(16)22-15)14-6-9-23(10-7-14)12-19(25)8-11-26-13-19/h4-5,14,25H,6-13H2,1-3H3. The molecule has 7 nitrogen and oxygen atoms in total. The highest BCUT2D eigenvalue weighted by Gasteiger charge is 2.36. The van der Waals surface area contributed by atoms with Gasteiger partial charge < -0.3 is 14.7 Å². The van der Waals surface area contributed by atoms with Gasteiger partial charge in [-0.3, -0.25) is 0 Å². The van der Waals surface area contributed by atoms with Crippen LogP contribution in [-0.2, 0) is 10.2 Å². The molecular formula is C19H29N5O2. The Bertz CT molecular complexity index is 768. The lowest BCUT2D eigenvalue weighted by Gasteiger charge is -2.35. The van der Waals surface area contributed by atoms with Crippen LogP contribution in [0.2, 0.25) is 0 Å². The van der Waals surface area contributed by atoms with Gasteiger partial charge >= 0.3 is 0 Å². The summed E-state index contributed by atoms with van der Waals surface area (Å²) < 4.78 is 7.29. The molecule has 142 valence electrons. The Kier molecular flexibility index (Phi) is 4.49. The predicted octanol–water partition coefficient (Wildman–Crippen LogP) is 1.75. The molecule has 1 atom stereocenters. The number of fused-ring (bicyclic) bond motifs is 1. The van der Waals surface area contributed by atoms with Gasteiger partial charge in [-0.1, -0.05) is 20.8 Å². The molecule has 2 aromatic rings. The molecule has 2 aromatic heterocycles. The summed E-state index contributed by atoms with van der Waals surface area (Å²) in [6.45, 7) is 10.2. The molecule has 0 aliphatic carbocycles. The number of hydrogen-bond donors (Lipinski definition) is 1. The summed E-state index contributed by atoms with van der Waals surface area (Å²) in [6.07, 6.45) is 2.76. The van der Waals surface area contributed by atoms with Gasteiger partial charge in [0, 0.05) is 30.9 Å². The van der Waals surface area contributed by atoms with E-state index in [0.717, 1.165) is 49.5 Å². The summed E-state index contributed by atoms with van der Waals surface area (Å²) in [6, 6.07) is 4.05. The van der Waals surface area contributed by atoms with Crippen molar-refractivity contribution < 1.29 is 9.84 Å². The van der Waals surface area contributed by atoms with Crippen LogP contribution in [0.3, 0.4) is 0 Å². The Morgan fingerprint density at radius 1 is 1.23 bits per heavy atom. The third kappa shape index (κ3) is 3.48. The number of aliphatic hydroxyl groups is 1. The zero-order valence-electron chi connectivity index (χ0n) is 16.0. The van der Waals surface area contributed by atoms with Crippen molar-refractivity contribution >= 4 is 5.65 Å². The third-order valence-corrected chi connectivity index (χ3v) is 5.61. The molecule has 7 heteroatoms. The number of ether oxygens (including phenoxy) is 1. The molecule has 0 aromatic carbocycles. The van der Waals surface area contributed by atoms with Crippen molar-refractivity contribution in [2.24, 2.45) is 0 Å². The monoisotopic (exact) mass is 359 g/mol. The first kappa shape index (κ1) is 17.8. The number of rotatable bonds is 3. The van der Waals surface area contributed by atoms with Gasteiger partial charge in [-0.05, 0) is 38.1 Å². The first-order chi connectivity index (χ1) is 12.3. The summed E-state index contributed by atoms with van der Waals surface area (Å²) in [7, 11) is 0. The molecule has 4 rings (SSSR count). The molecule has 0 saturated carbocycles. The lowest BCUT2D eigenvalue weighted by Crippen LogP contribution is -2.46. The second-order valence-electron chi connectivity index (χ2n) is 8.87. The first-order valence-corrected chi connectivity index (χ1v) is 9.59. The number of likely N-dealkylation sites (tertiary alicyclic amines) is 1. The molecule has 1 unspecified atom stereocenters. The fraction of sp³-hybridized carbons (Fsp3) is 0.737. The van der Waals surface area contributed by atoms with Crippen LogP contribution in [0, 0.1) is 0 Å². The van der Waals surface area contributed by atoms with Gasteiger partial charge in [0.2, 0.25) is 0 Å². The quantitative estimate of drug-likeness (QED) is 0.900. The van der Waals surface area contributed by atoms with E-state index in [1.807, 2.05) is 16.6 Å². The van der Waals surface area contributed by atoms with Crippen LogP contribution in [0.5, 0.6) is 0 Å². The second kappa shape index (κ2) is 6.55. The molecule has 26 heavy (non-hydrogen) atoms. The molecule has 1 N–H and O–H groups in total. The summed E-state index contributed by atoms with van der Waals surface area (Å²) >= 11 is 0. The van der Waals surface area contributed by atoms with Crippen LogP contribution in [0.25, 0.3) is 5.65 Å². The molecule has 0 radical (unpaired) electrons. The first-order valence-electron chi connectivity index (χ1n) is 9.59. The molecule has 2 fully saturated rings. The molecule has 4 heterocycles. The van der Waals surface area contributed by atoms with Crippen molar-refractivity contribution in [1.82, 2.24) is 24.7 Å². The van der Waals surface area contributed by atoms with E-state index in [1.54, 1.807) is 0 Å². The summed E-state index contributed by atoms with van der Waals surface area (Å²) in [5, 5.41) is 24.1. The van der Waals surface area contributed by atoms with Gasteiger partial charge in [-0.2, -0.15) is 9.61 Å². The van der Waals surface area contributed by atoms with Crippen molar-refractivity contribution in [2.75, 3.05) is 32.8 Å². The molecule has 0 spiro atoms. The minimum absolute atomic E-state index is 0.00209. The van der Waals surface area contributed by atoms with Gasteiger partial charge in [-0.15, -0.1) is 10.2 Å². The Hall–Kier alpha value is -1.57. The van der Waals surface area contributed by atoms with Gasteiger partial charge in [0.15, 0.2) is 11.5 Å². The van der Waals surface area contributed by atoms with Crippen molar-refractivity contribution in [3.8, 4) is 0 Å². The zero-order valence-corrected chi connectivity index (χ0v) is 16.0. The average molecular weight is 359 g/mol. The Labute approximate surface area is 154 Å². The molecule has 0 bridgehead atoms. The molecule has 2 saturated heterocycles. The normalized spacial score (nSPS) is 26.0. The van der Waals surface area contributed by atoms with E-state index in [9.17, 15) is 5.11 Å². The Morgan fingerprint density at radius 2 is 2.00 bits per heavy atom. The maximum atomic E-state index is 10.5. The van der Waals surface area contributed by atoms with E-state index in [1.165, 1.54) is 0 Å². The summed E-state index contributed by atoms with van der Waals surface area (Å²) in [5.41, 5.74) is 1.19. The smallest absolute Gasteiger partial charge is 0.177 e. The summed E-state index contributed by atoms with van der Waals surface area (Å²) in [5.74, 6) is 1.33. The fourth-order valence-electron chi connectivity index (χ4n) is 3.95. The Balaban J connectivity index is 1.47. The number of hydrogen-bond acceptors (Lipinski definition) is 6. The van der Waals surface area contributed by atoms with Crippen LogP contribution in [0.4, 0.5) is 0 Å². The molecule has 2 aliphatic heterocycles. The van der Waals surface area contributed by atoms with Crippen LogP contribution in [-0.4, -0.2) is 68.3 Å². The largest absolute Gasteiger partial charge is 0.386 e. The minimum atomic E-state index is -0.669. The molecule has 0 amide bonds. The van der Waals surface area contributed by atoms with E-state index < -0.39 is 5.60 Å². The van der Waals surface area contributed by atoms with E-state index in [0.29, 0.717) is 25.7 Å². The number of aromatic nitrogens is 4. The van der Waals surface area contributed by atoms with E-state index in [2.05, 4.69) is 35.9 Å². The van der Waals surface area contributed by atoms with Crippen molar-refractivity contribution in [3.63, 3.8) is 0 Å². The van der Waals surface area contributed by atoms with Crippen LogP contribution >= 0.6 is 0 Å². The van der Waals surface area contributed by atoms with E-state index >= 15 is 0 Å². The van der Waals surface area contributed by atoms with Gasteiger partial charge in [0.05, 0.1) is 12.3 Å². The number of piperidine rings is 1. The maximum absolute atomic E-state index is 10.5. The van der Waals surface area contributed by atoms with Crippen LogP contribution in [0.15, 0.2) is 12.1 Å². The summed E-state index contributed by atoms with van der Waals surface area (Å²) in [4.78, 5) is 2.35. The third-order valence-electron chi connectivity index (χ3n) is 5.61. The highest BCUT2D eigenvalue weighted by molar-refractivity contribution is 5.37. The topological polar surface area (TPSA) is 75.8 Å². The SMILES string of the molecule is CC(C)(C)c1ccc2nnc(C3CCN(CC4(O)CCOC4)CC3)n2n1. The molecule has 2 aliphatic rings. The second-order valence-corrected chi connectivity index (χ2v) is 8.87. The lowest BCUT2D eigenvalue weighted by molar-refractivity contribution is -0.00987. The van der Waals surface area contributed by atoms with Crippen molar-refractivity contribution in [2.45, 2.75) is 57.0 Å². The average Bonchev–Trinajstić information content (AvgIpc) is 3.21. The molecular weight excluding hydrogens is 330 g/mol. The minimum Gasteiger partial charge on any atom is -0.386 e. The van der Waals surface area contributed by atoms with Crippen molar-refractivity contribution in [3.05, 3.63) is 23.7 Å². The zero-order chi connectivity index (χ0) is 18.4. The fourth-order valence-corrected chi connectivity index (χ4v) is 3.95. The van der Waals surface area contributed by atoms with Crippen molar-refractivity contribution in [1.29, 1.82) is 0 Å². The van der Waals surface area contributed by atoms with Gasteiger partial charge in [0.1, 0.15) is 5.60 Å². The highest BCUT2D eigenvalue weighted by atomic mass is 16.5. The van der Waals surface area contributed by atoms with Crippen LogP contribution < -0.4 is 0 Å².